The molecule has 0 amide bonds. The van der Waals surface area contributed by atoms with Gasteiger partial charge in [-0.05, 0) is 50.4 Å². The van der Waals surface area contributed by atoms with Crippen molar-refractivity contribution in [3.8, 4) is 0 Å². The van der Waals surface area contributed by atoms with E-state index in [2.05, 4.69) is 28.9 Å². The van der Waals surface area contributed by atoms with Gasteiger partial charge in [0.2, 0.25) is 0 Å². The number of hydrogen-bond donors (Lipinski definition) is 1. The van der Waals surface area contributed by atoms with Gasteiger partial charge in [0.25, 0.3) is 0 Å². The zero-order valence-electron chi connectivity index (χ0n) is 11.3. The van der Waals surface area contributed by atoms with Gasteiger partial charge in [0.1, 0.15) is 0 Å². The van der Waals surface area contributed by atoms with Crippen molar-refractivity contribution in [2.24, 2.45) is 5.92 Å². The molecule has 2 aliphatic rings. The molecule has 17 heavy (non-hydrogen) atoms. The third-order valence-electron chi connectivity index (χ3n) is 4.12. The Morgan fingerprint density at radius 3 is 3.00 bits per heavy atom. The lowest BCUT2D eigenvalue weighted by Crippen LogP contribution is -2.40. The second kappa shape index (κ2) is 7.65. The van der Waals surface area contributed by atoms with Gasteiger partial charge in [0.05, 0.1) is 0 Å². The third-order valence-corrected chi connectivity index (χ3v) is 5.17. The molecule has 2 atom stereocenters. The summed E-state index contributed by atoms with van der Waals surface area (Å²) in [6.45, 7) is 7.48. The smallest absolute Gasteiger partial charge is 0.0107 e. The molecule has 1 aliphatic heterocycles. The predicted octanol–water partition coefficient (Wildman–Crippen LogP) is 2.59. The molecule has 0 aromatic heterocycles. The Hall–Kier alpha value is 0.270. The molecule has 0 aromatic carbocycles. The lowest BCUT2D eigenvalue weighted by atomic mass is 10.0. The number of nitrogens with zero attached hydrogens (tertiary/aromatic N) is 1. The summed E-state index contributed by atoms with van der Waals surface area (Å²) in [5, 5.41) is 3.75. The maximum Gasteiger partial charge on any atom is 0.0107 e. The van der Waals surface area contributed by atoms with Gasteiger partial charge in [-0.25, -0.2) is 0 Å². The first-order valence-corrected chi connectivity index (χ1v) is 8.59. The van der Waals surface area contributed by atoms with Crippen LogP contribution in [0.1, 0.15) is 39.0 Å². The SMILES string of the molecule is CCCNC1CCCC1CN1CCCSCC1. The summed E-state index contributed by atoms with van der Waals surface area (Å²) >= 11 is 2.13. The molecule has 0 aromatic rings. The van der Waals surface area contributed by atoms with Crippen molar-refractivity contribution in [1.29, 1.82) is 0 Å². The Balaban J connectivity index is 1.75. The zero-order chi connectivity index (χ0) is 11.9. The van der Waals surface area contributed by atoms with Crippen LogP contribution in [0.4, 0.5) is 0 Å². The monoisotopic (exact) mass is 256 g/mol. The molecular formula is C14H28N2S. The van der Waals surface area contributed by atoms with E-state index in [4.69, 9.17) is 0 Å². The van der Waals surface area contributed by atoms with E-state index in [1.165, 1.54) is 69.8 Å². The van der Waals surface area contributed by atoms with Crippen LogP contribution in [0.5, 0.6) is 0 Å². The average molecular weight is 256 g/mol. The summed E-state index contributed by atoms with van der Waals surface area (Å²) < 4.78 is 0. The fourth-order valence-corrected chi connectivity index (χ4v) is 4.09. The molecule has 100 valence electrons. The van der Waals surface area contributed by atoms with Crippen molar-refractivity contribution in [3.05, 3.63) is 0 Å². The Bertz CT molecular complexity index is 202. The summed E-state index contributed by atoms with van der Waals surface area (Å²) in [6.07, 6.45) is 6.96. The number of nitrogens with one attached hydrogen (secondary N) is 1. The summed E-state index contributed by atoms with van der Waals surface area (Å²) in [5.74, 6) is 3.64. The molecule has 1 saturated heterocycles. The molecule has 3 heteroatoms. The minimum Gasteiger partial charge on any atom is -0.314 e. The van der Waals surface area contributed by atoms with Crippen molar-refractivity contribution >= 4 is 11.8 Å². The second-order valence-electron chi connectivity index (χ2n) is 5.52. The first-order chi connectivity index (χ1) is 8.40. The highest BCUT2D eigenvalue weighted by molar-refractivity contribution is 7.99. The van der Waals surface area contributed by atoms with E-state index in [-0.39, 0.29) is 0 Å². The highest BCUT2D eigenvalue weighted by atomic mass is 32.2. The Labute approximate surface area is 111 Å². The quantitative estimate of drug-likeness (QED) is 0.814. The fourth-order valence-electron chi connectivity index (χ4n) is 3.17. The van der Waals surface area contributed by atoms with Gasteiger partial charge in [0, 0.05) is 24.9 Å². The summed E-state index contributed by atoms with van der Waals surface area (Å²) in [4.78, 5) is 2.72. The molecule has 1 saturated carbocycles. The maximum absolute atomic E-state index is 3.75. The van der Waals surface area contributed by atoms with E-state index in [1.54, 1.807) is 0 Å². The first kappa shape index (κ1) is 13.7. The van der Waals surface area contributed by atoms with Gasteiger partial charge in [-0.3, -0.25) is 0 Å². The molecule has 1 aliphatic carbocycles. The Morgan fingerprint density at radius 1 is 1.18 bits per heavy atom. The van der Waals surface area contributed by atoms with Crippen molar-refractivity contribution in [1.82, 2.24) is 10.2 Å². The molecule has 1 heterocycles. The van der Waals surface area contributed by atoms with Crippen LogP contribution in [0.3, 0.4) is 0 Å². The topological polar surface area (TPSA) is 15.3 Å². The maximum atomic E-state index is 3.75. The third kappa shape index (κ3) is 4.46. The zero-order valence-corrected chi connectivity index (χ0v) is 12.1. The molecule has 2 rings (SSSR count). The fraction of sp³-hybridized carbons (Fsp3) is 1.00. The van der Waals surface area contributed by atoms with E-state index in [0.717, 1.165) is 12.0 Å². The first-order valence-electron chi connectivity index (χ1n) is 7.43. The molecular weight excluding hydrogens is 228 g/mol. The summed E-state index contributed by atoms with van der Waals surface area (Å²) in [7, 11) is 0. The van der Waals surface area contributed by atoms with Gasteiger partial charge >= 0.3 is 0 Å². The van der Waals surface area contributed by atoms with E-state index in [0.29, 0.717) is 0 Å². The number of hydrogen-bond acceptors (Lipinski definition) is 3. The molecule has 0 spiro atoms. The number of rotatable bonds is 5. The standard InChI is InChI=1S/C14H28N2S/c1-2-7-15-14-6-3-5-13(14)12-16-8-4-10-17-11-9-16/h13-15H,2-12H2,1H3. The normalized spacial score (nSPS) is 31.6. The van der Waals surface area contributed by atoms with E-state index < -0.39 is 0 Å². The van der Waals surface area contributed by atoms with Gasteiger partial charge in [-0.15, -0.1) is 0 Å². The van der Waals surface area contributed by atoms with E-state index >= 15 is 0 Å². The Kier molecular flexibility index (Phi) is 6.16. The van der Waals surface area contributed by atoms with Crippen molar-refractivity contribution in [3.63, 3.8) is 0 Å². The van der Waals surface area contributed by atoms with Crippen molar-refractivity contribution in [2.75, 3.05) is 37.7 Å². The van der Waals surface area contributed by atoms with E-state index in [1.807, 2.05) is 0 Å². The molecule has 0 bridgehead atoms. The van der Waals surface area contributed by atoms with Crippen LogP contribution in [-0.2, 0) is 0 Å². The van der Waals surface area contributed by atoms with Crippen LogP contribution in [0, 0.1) is 5.92 Å². The van der Waals surface area contributed by atoms with Gasteiger partial charge in [-0.2, -0.15) is 11.8 Å². The van der Waals surface area contributed by atoms with Crippen LogP contribution in [-0.4, -0.2) is 48.6 Å². The molecule has 2 fully saturated rings. The summed E-state index contributed by atoms with van der Waals surface area (Å²) in [5.41, 5.74) is 0. The van der Waals surface area contributed by atoms with Crippen LogP contribution >= 0.6 is 11.8 Å². The lowest BCUT2D eigenvalue weighted by Gasteiger charge is -2.28. The van der Waals surface area contributed by atoms with Crippen LogP contribution in [0.15, 0.2) is 0 Å². The highest BCUT2D eigenvalue weighted by Crippen LogP contribution is 2.27. The van der Waals surface area contributed by atoms with Gasteiger partial charge in [0.15, 0.2) is 0 Å². The van der Waals surface area contributed by atoms with Crippen molar-refractivity contribution in [2.45, 2.75) is 45.1 Å². The Morgan fingerprint density at radius 2 is 2.12 bits per heavy atom. The van der Waals surface area contributed by atoms with Gasteiger partial charge in [-0.1, -0.05) is 13.3 Å². The largest absolute Gasteiger partial charge is 0.314 e. The number of thioether (sulfide) groups is 1. The average Bonchev–Trinajstić information content (AvgIpc) is 2.61. The molecule has 2 nitrogen and oxygen atoms in total. The molecule has 1 N–H and O–H groups in total. The minimum atomic E-state index is 0.811. The van der Waals surface area contributed by atoms with E-state index in [9.17, 15) is 0 Å². The van der Waals surface area contributed by atoms with Gasteiger partial charge < -0.3 is 10.2 Å². The highest BCUT2D eigenvalue weighted by Gasteiger charge is 2.28. The van der Waals surface area contributed by atoms with Crippen molar-refractivity contribution < 1.29 is 0 Å². The van der Waals surface area contributed by atoms with Crippen LogP contribution in [0.25, 0.3) is 0 Å². The van der Waals surface area contributed by atoms with Crippen LogP contribution in [0.2, 0.25) is 0 Å². The molecule has 0 radical (unpaired) electrons. The lowest BCUT2D eigenvalue weighted by molar-refractivity contribution is 0.227. The predicted molar refractivity (Wildman–Crippen MR) is 77.8 cm³/mol. The summed E-state index contributed by atoms with van der Waals surface area (Å²) in [6, 6.07) is 0.811. The molecule has 2 unspecified atom stereocenters. The minimum absolute atomic E-state index is 0.811. The van der Waals surface area contributed by atoms with Crippen LogP contribution < -0.4 is 5.32 Å². The second-order valence-corrected chi connectivity index (χ2v) is 6.74.